The number of nitrogens with two attached hydrogens (primary N) is 1. The molecule has 1 heterocycles. The third-order valence-electron chi connectivity index (χ3n) is 3.56. The van der Waals surface area contributed by atoms with Crippen LogP contribution in [-0.4, -0.2) is 34.3 Å². The Bertz CT molecular complexity index is 365. The minimum absolute atomic E-state index is 0.455. The van der Waals surface area contributed by atoms with Crippen molar-refractivity contribution in [3.05, 3.63) is 17.5 Å². The van der Waals surface area contributed by atoms with E-state index in [2.05, 4.69) is 41.6 Å². The van der Waals surface area contributed by atoms with Gasteiger partial charge in [0, 0.05) is 25.7 Å². The molecule has 0 bridgehead atoms. The van der Waals surface area contributed by atoms with Gasteiger partial charge in [0.05, 0.1) is 11.4 Å². The molecule has 0 saturated heterocycles. The van der Waals surface area contributed by atoms with Crippen molar-refractivity contribution in [3.8, 4) is 0 Å². The lowest BCUT2D eigenvalue weighted by molar-refractivity contribution is 0.175. The van der Waals surface area contributed by atoms with Gasteiger partial charge in [-0.25, -0.2) is 0 Å². The average molecular weight is 236 g/mol. The van der Waals surface area contributed by atoms with Gasteiger partial charge in [-0.2, -0.15) is 5.10 Å². The molecule has 2 N–H and O–H groups in total. The highest BCUT2D eigenvalue weighted by molar-refractivity contribution is 5.08. The number of rotatable bonds is 5. The van der Waals surface area contributed by atoms with Crippen molar-refractivity contribution in [1.82, 2.24) is 14.7 Å². The average Bonchev–Trinajstić information content (AvgIpc) is 2.56. The van der Waals surface area contributed by atoms with Crippen LogP contribution in [0.1, 0.15) is 31.2 Å². The number of hydrogen-bond acceptors (Lipinski definition) is 3. The Morgan fingerprint density at radius 3 is 2.82 bits per heavy atom. The Balaban J connectivity index is 1.86. The van der Waals surface area contributed by atoms with Crippen LogP contribution >= 0.6 is 0 Å². The summed E-state index contributed by atoms with van der Waals surface area (Å²) < 4.78 is 2.10. The topological polar surface area (TPSA) is 47.1 Å². The van der Waals surface area contributed by atoms with Gasteiger partial charge in [-0.05, 0) is 45.7 Å². The van der Waals surface area contributed by atoms with Gasteiger partial charge in [0.15, 0.2) is 0 Å². The van der Waals surface area contributed by atoms with Crippen LogP contribution in [-0.2, 0) is 13.1 Å². The first-order chi connectivity index (χ1) is 8.08. The van der Waals surface area contributed by atoms with Gasteiger partial charge in [-0.3, -0.25) is 4.68 Å². The fraction of sp³-hybridized carbons (Fsp3) is 0.769. The van der Waals surface area contributed by atoms with Crippen LogP contribution in [0, 0.1) is 12.8 Å². The molecular formula is C13H24N4. The lowest BCUT2D eigenvalue weighted by Crippen LogP contribution is -2.41. The van der Waals surface area contributed by atoms with Crippen LogP contribution in [0.5, 0.6) is 0 Å². The van der Waals surface area contributed by atoms with Crippen molar-refractivity contribution in [1.29, 1.82) is 0 Å². The Hall–Kier alpha value is -0.870. The molecule has 0 spiro atoms. The first kappa shape index (κ1) is 12.6. The maximum absolute atomic E-state index is 5.81. The molecule has 0 amide bonds. The monoisotopic (exact) mass is 236 g/mol. The number of hydrogen-bond donors (Lipinski definition) is 1. The molecule has 0 unspecified atom stereocenters. The summed E-state index contributed by atoms with van der Waals surface area (Å²) in [6.45, 7) is 7.29. The third kappa shape index (κ3) is 3.07. The summed E-state index contributed by atoms with van der Waals surface area (Å²) in [5, 5.41) is 4.48. The quantitative estimate of drug-likeness (QED) is 0.840. The van der Waals surface area contributed by atoms with Gasteiger partial charge >= 0.3 is 0 Å². The molecule has 17 heavy (non-hydrogen) atoms. The van der Waals surface area contributed by atoms with Crippen LogP contribution in [0.3, 0.4) is 0 Å². The molecule has 0 radical (unpaired) electrons. The van der Waals surface area contributed by atoms with Gasteiger partial charge in [0.2, 0.25) is 0 Å². The highest BCUT2D eigenvalue weighted by atomic mass is 15.3. The first-order valence-corrected chi connectivity index (χ1v) is 6.56. The van der Waals surface area contributed by atoms with Gasteiger partial charge in [0.25, 0.3) is 0 Å². The summed E-state index contributed by atoms with van der Waals surface area (Å²) in [4.78, 5) is 2.39. The summed E-state index contributed by atoms with van der Waals surface area (Å²) in [6, 6.07) is 2.64. The van der Waals surface area contributed by atoms with Crippen molar-refractivity contribution in [2.75, 3.05) is 13.6 Å². The van der Waals surface area contributed by atoms with Gasteiger partial charge in [-0.15, -0.1) is 0 Å². The van der Waals surface area contributed by atoms with Crippen molar-refractivity contribution < 1.29 is 0 Å². The fourth-order valence-electron chi connectivity index (χ4n) is 2.72. The molecule has 1 fully saturated rings. The van der Waals surface area contributed by atoms with Crippen LogP contribution in [0.25, 0.3) is 0 Å². The standard InChI is InChI=1S/C13H24N4/c1-4-17-13(5-10(2)15-17)9-16(3)8-11-6-12(14)7-11/h5,11-12H,4,6-9,14H2,1-3H3. The van der Waals surface area contributed by atoms with E-state index < -0.39 is 0 Å². The molecule has 1 saturated carbocycles. The molecule has 0 aliphatic heterocycles. The lowest BCUT2D eigenvalue weighted by Gasteiger charge is -2.35. The molecule has 0 atom stereocenters. The summed E-state index contributed by atoms with van der Waals surface area (Å²) in [6.07, 6.45) is 2.38. The number of aromatic nitrogens is 2. The lowest BCUT2D eigenvalue weighted by atomic mass is 9.80. The van der Waals surface area contributed by atoms with Crippen molar-refractivity contribution >= 4 is 0 Å². The highest BCUT2D eigenvalue weighted by Crippen LogP contribution is 2.26. The minimum Gasteiger partial charge on any atom is -0.328 e. The molecule has 1 aliphatic carbocycles. The van der Waals surface area contributed by atoms with Gasteiger partial charge < -0.3 is 10.6 Å². The molecule has 1 aromatic rings. The minimum atomic E-state index is 0.455. The molecule has 4 nitrogen and oxygen atoms in total. The van der Waals surface area contributed by atoms with Gasteiger partial charge in [0.1, 0.15) is 0 Å². The van der Waals surface area contributed by atoms with E-state index in [0.29, 0.717) is 6.04 Å². The second-order valence-electron chi connectivity index (χ2n) is 5.39. The molecular weight excluding hydrogens is 212 g/mol. The zero-order valence-corrected chi connectivity index (χ0v) is 11.2. The normalized spacial score (nSPS) is 24.1. The Morgan fingerprint density at radius 2 is 2.24 bits per heavy atom. The van der Waals surface area contributed by atoms with Crippen LogP contribution < -0.4 is 5.73 Å². The van der Waals surface area contributed by atoms with Gasteiger partial charge in [-0.1, -0.05) is 0 Å². The van der Waals surface area contributed by atoms with E-state index >= 15 is 0 Å². The van der Waals surface area contributed by atoms with Crippen molar-refractivity contribution in [2.24, 2.45) is 11.7 Å². The second kappa shape index (κ2) is 5.19. The maximum Gasteiger partial charge on any atom is 0.0597 e. The fourth-order valence-corrected chi connectivity index (χ4v) is 2.72. The Labute approximate surface area is 104 Å². The van der Waals surface area contributed by atoms with Crippen LogP contribution in [0.15, 0.2) is 6.07 Å². The highest BCUT2D eigenvalue weighted by Gasteiger charge is 2.26. The smallest absolute Gasteiger partial charge is 0.0597 e. The Kier molecular flexibility index (Phi) is 3.84. The summed E-state index contributed by atoms with van der Waals surface area (Å²) >= 11 is 0. The molecule has 1 aliphatic rings. The number of nitrogens with zero attached hydrogens (tertiary/aromatic N) is 3. The van der Waals surface area contributed by atoms with Crippen molar-refractivity contribution in [2.45, 2.75) is 45.8 Å². The third-order valence-corrected chi connectivity index (χ3v) is 3.56. The van der Waals surface area contributed by atoms with E-state index in [4.69, 9.17) is 5.73 Å². The Morgan fingerprint density at radius 1 is 1.53 bits per heavy atom. The number of aryl methyl sites for hydroxylation is 2. The molecule has 96 valence electrons. The van der Waals surface area contributed by atoms with E-state index in [9.17, 15) is 0 Å². The summed E-state index contributed by atoms with van der Waals surface area (Å²) in [7, 11) is 2.19. The van der Waals surface area contributed by atoms with E-state index in [1.165, 1.54) is 18.5 Å². The molecule has 0 aromatic carbocycles. The SMILES string of the molecule is CCn1nc(C)cc1CN(C)CC1CC(N)C1. The van der Waals surface area contributed by atoms with E-state index in [1.54, 1.807) is 0 Å². The van der Waals surface area contributed by atoms with E-state index in [1.807, 2.05) is 0 Å². The summed E-state index contributed by atoms with van der Waals surface area (Å²) in [5.74, 6) is 0.800. The second-order valence-corrected chi connectivity index (χ2v) is 5.39. The van der Waals surface area contributed by atoms with E-state index in [0.717, 1.165) is 31.2 Å². The van der Waals surface area contributed by atoms with Crippen LogP contribution in [0.2, 0.25) is 0 Å². The zero-order chi connectivity index (χ0) is 12.4. The van der Waals surface area contributed by atoms with Crippen LogP contribution in [0.4, 0.5) is 0 Å². The molecule has 1 aromatic heterocycles. The van der Waals surface area contributed by atoms with Crippen molar-refractivity contribution in [3.63, 3.8) is 0 Å². The largest absolute Gasteiger partial charge is 0.328 e. The zero-order valence-electron chi connectivity index (χ0n) is 11.2. The van der Waals surface area contributed by atoms with E-state index in [-0.39, 0.29) is 0 Å². The predicted octanol–water partition coefficient (Wildman–Crippen LogP) is 1.38. The first-order valence-electron chi connectivity index (χ1n) is 6.56. The predicted molar refractivity (Wildman–Crippen MR) is 69.7 cm³/mol. The maximum atomic E-state index is 5.81. The summed E-state index contributed by atoms with van der Waals surface area (Å²) in [5.41, 5.74) is 8.24. The molecule has 4 heteroatoms. The molecule has 2 rings (SSSR count).